The molecule has 2 N–H and O–H groups in total. The molecule has 2 atom stereocenters. The number of halogens is 2. The fourth-order valence-electron chi connectivity index (χ4n) is 2.55. The molecule has 0 bridgehead atoms. The molecule has 0 aromatic heterocycles. The number of hydrogen-bond donors (Lipinski definition) is 2. The normalized spacial score (nSPS) is 34.8. The van der Waals surface area contributed by atoms with Gasteiger partial charge in [-0.3, -0.25) is 0 Å². The maximum atomic E-state index is 10.4. The van der Waals surface area contributed by atoms with E-state index >= 15 is 0 Å². The molecule has 1 saturated carbocycles. The van der Waals surface area contributed by atoms with E-state index in [0.717, 1.165) is 15.4 Å². The standard InChI is InChI=1S/C12H18Br2O2/c1-9(13)6-11(15)4-3-5-12(16,8-11)7-10(2)14/h15-16H,1-8H2/t11-,12+. The molecule has 1 rings (SSSR count). The largest absolute Gasteiger partial charge is 0.389 e. The summed E-state index contributed by atoms with van der Waals surface area (Å²) in [5.74, 6) is 0. The van der Waals surface area contributed by atoms with Crippen molar-refractivity contribution in [2.45, 2.75) is 49.7 Å². The van der Waals surface area contributed by atoms with Gasteiger partial charge in [0, 0.05) is 19.3 Å². The minimum Gasteiger partial charge on any atom is -0.389 e. The predicted octanol–water partition coefficient (Wildman–Crippen LogP) is 3.62. The SMILES string of the molecule is C=C(Br)C[C@]1(O)CCC[C@](O)(CC(=C)Br)C1. The lowest BCUT2D eigenvalue weighted by Gasteiger charge is -2.42. The van der Waals surface area contributed by atoms with Crippen molar-refractivity contribution in [1.82, 2.24) is 0 Å². The summed E-state index contributed by atoms with van der Waals surface area (Å²) in [6, 6.07) is 0. The lowest BCUT2D eigenvalue weighted by Crippen LogP contribution is -2.45. The molecular formula is C12H18Br2O2. The van der Waals surface area contributed by atoms with Crippen LogP contribution in [0, 0.1) is 0 Å². The van der Waals surface area contributed by atoms with Gasteiger partial charge in [-0.25, -0.2) is 0 Å². The van der Waals surface area contributed by atoms with Crippen LogP contribution >= 0.6 is 31.9 Å². The van der Waals surface area contributed by atoms with Gasteiger partial charge in [0.15, 0.2) is 0 Å². The second-order valence-electron chi connectivity index (χ2n) is 4.87. The minimum atomic E-state index is -0.837. The van der Waals surface area contributed by atoms with Crippen molar-refractivity contribution >= 4 is 31.9 Å². The van der Waals surface area contributed by atoms with Crippen LogP contribution in [0.25, 0.3) is 0 Å². The van der Waals surface area contributed by atoms with Crippen molar-refractivity contribution < 1.29 is 10.2 Å². The Balaban J connectivity index is 2.71. The van der Waals surface area contributed by atoms with E-state index in [-0.39, 0.29) is 0 Å². The van der Waals surface area contributed by atoms with Gasteiger partial charge in [-0.05, 0) is 28.2 Å². The average molecular weight is 354 g/mol. The minimum absolute atomic E-state index is 0.384. The Morgan fingerprint density at radius 3 is 1.69 bits per heavy atom. The van der Waals surface area contributed by atoms with Gasteiger partial charge in [-0.2, -0.15) is 0 Å². The first kappa shape index (κ1) is 14.4. The zero-order chi connectivity index (χ0) is 12.4. The molecule has 0 aliphatic heterocycles. The van der Waals surface area contributed by atoms with Crippen molar-refractivity contribution in [1.29, 1.82) is 0 Å². The van der Waals surface area contributed by atoms with Crippen molar-refractivity contribution in [2.75, 3.05) is 0 Å². The first-order chi connectivity index (χ1) is 7.25. The first-order valence-electron chi connectivity index (χ1n) is 5.36. The van der Waals surface area contributed by atoms with Crippen LogP contribution < -0.4 is 0 Å². The van der Waals surface area contributed by atoms with Gasteiger partial charge in [0.1, 0.15) is 0 Å². The fraction of sp³-hybridized carbons (Fsp3) is 0.667. The zero-order valence-electron chi connectivity index (χ0n) is 9.31. The van der Waals surface area contributed by atoms with Gasteiger partial charge in [0.25, 0.3) is 0 Å². The Morgan fingerprint density at radius 2 is 1.38 bits per heavy atom. The number of hydrogen-bond acceptors (Lipinski definition) is 2. The van der Waals surface area contributed by atoms with Gasteiger partial charge in [-0.15, -0.1) is 0 Å². The van der Waals surface area contributed by atoms with Crippen LogP contribution in [-0.4, -0.2) is 21.4 Å². The summed E-state index contributed by atoms with van der Waals surface area (Å²) in [7, 11) is 0. The first-order valence-corrected chi connectivity index (χ1v) is 6.95. The van der Waals surface area contributed by atoms with Gasteiger partial charge >= 0.3 is 0 Å². The molecule has 0 spiro atoms. The Kier molecular flexibility index (Phi) is 4.81. The maximum Gasteiger partial charge on any atom is 0.0720 e. The molecule has 1 fully saturated rings. The number of rotatable bonds is 4. The molecule has 0 heterocycles. The molecule has 0 aromatic carbocycles. The van der Waals surface area contributed by atoms with Crippen molar-refractivity contribution in [3.05, 3.63) is 22.1 Å². The molecule has 0 amide bonds. The van der Waals surface area contributed by atoms with E-state index in [1.54, 1.807) is 0 Å². The van der Waals surface area contributed by atoms with Crippen LogP contribution in [0.1, 0.15) is 38.5 Å². The Hall–Kier alpha value is 0.360. The third-order valence-corrected chi connectivity index (χ3v) is 3.54. The third-order valence-electron chi connectivity index (χ3n) is 2.98. The summed E-state index contributed by atoms with van der Waals surface area (Å²) < 4.78 is 1.55. The highest BCUT2D eigenvalue weighted by Crippen LogP contribution is 2.42. The maximum absolute atomic E-state index is 10.4. The molecule has 0 aromatic rings. The second kappa shape index (κ2) is 5.34. The van der Waals surface area contributed by atoms with E-state index < -0.39 is 11.2 Å². The monoisotopic (exact) mass is 352 g/mol. The van der Waals surface area contributed by atoms with Crippen LogP contribution in [0.4, 0.5) is 0 Å². The molecule has 92 valence electrons. The highest BCUT2D eigenvalue weighted by atomic mass is 79.9. The van der Waals surface area contributed by atoms with Crippen molar-refractivity contribution in [3.63, 3.8) is 0 Å². The molecular weight excluding hydrogens is 336 g/mol. The lowest BCUT2D eigenvalue weighted by molar-refractivity contribution is -0.0976. The summed E-state index contributed by atoms with van der Waals surface area (Å²) >= 11 is 6.54. The van der Waals surface area contributed by atoms with E-state index in [1.807, 2.05) is 0 Å². The molecule has 0 saturated heterocycles. The van der Waals surface area contributed by atoms with Crippen molar-refractivity contribution in [3.8, 4) is 0 Å². The van der Waals surface area contributed by atoms with E-state index in [2.05, 4.69) is 45.0 Å². The highest BCUT2D eigenvalue weighted by molar-refractivity contribution is 9.12. The lowest BCUT2D eigenvalue weighted by atomic mass is 9.72. The number of aliphatic hydroxyl groups is 2. The summed E-state index contributed by atoms with van der Waals surface area (Å²) in [6.45, 7) is 7.50. The quantitative estimate of drug-likeness (QED) is 0.810. The summed E-state index contributed by atoms with van der Waals surface area (Å²) in [5, 5.41) is 20.8. The van der Waals surface area contributed by atoms with Crippen LogP contribution in [0.2, 0.25) is 0 Å². The zero-order valence-corrected chi connectivity index (χ0v) is 12.5. The second-order valence-corrected chi connectivity index (χ2v) is 7.11. The molecule has 16 heavy (non-hydrogen) atoms. The summed E-state index contributed by atoms with van der Waals surface area (Å²) in [6.07, 6.45) is 3.63. The van der Waals surface area contributed by atoms with Crippen molar-refractivity contribution in [2.24, 2.45) is 0 Å². The molecule has 1 aliphatic carbocycles. The fourth-order valence-corrected chi connectivity index (χ4v) is 3.60. The molecule has 0 unspecified atom stereocenters. The van der Waals surface area contributed by atoms with Crippen LogP contribution in [0.5, 0.6) is 0 Å². The predicted molar refractivity (Wildman–Crippen MR) is 73.7 cm³/mol. The topological polar surface area (TPSA) is 40.5 Å². The van der Waals surface area contributed by atoms with E-state index in [1.165, 1.54) is 0 Å². The van der Waals surface area contributed by atoms with Gasteiger partial charge in [0.2, 0.25) is 0 Å². The van der Waals surface area contributed by atoms with Crippen LogP contribution in [0.15, 0.2) is 22.1 Å². The Bertz CT molecular complexity index is 275. The molecule has 2 nitrogen and oxygen atoms in total. The van der Waals surface area contributed by atoms with E-state index in [4.69, 9.17) is 0 Å². The molecule has 1 aliphatic rings. The van der Waals surface area contributed by atoms with Gasteiger partial charge < -0.3 is 10.2 Å². The van der Waals surface area contributed by atoms with Gasteiger partial charge in [-0.1, -0.05) is 45.0 Å². The smallest absolute Gasteiger partial charge is 0.0720 e. The Morgan fingerprint density at radius 1 is 1.00 bits per heavy atom. The average Bonchev–Trinajstić information content (AvgIpc) is 1.96. The van der Waals surface area contributed by atoms with Crippen LogP contribution in [0.3, 0.4) is 0 Å². The van der Waals surface area contributed by atoms with E-state index in [0.29, 0.717) is 32.1 Å². The van der Waals surface area contributed by atoms with Gasteiger partial charge in [0.05, 0.1) is 11.2 Å². The highest BCUT2D eigenvalue weighted by Gasteiger charge is 2.42. The van der Waals surface area contributed by atoms with Crippen LogP contribution in [-0.2, 0) is 0 Å². The molecule has 0 radical (unpaired) electrons. The van der Waals surface area contributed by atoms with E-state index in [9.17, 15) is 10.2 Å². The summed E-state index contributed by atoms with van der Waals surface area (Å²) in [4.78, 5) is 0. The molecule has 4 heteroatoms. The third kappa shape index (κ3) is 4.32. The Labute approximate surface area is 114 Å². The summed E-state index contributed by atoms with van der Waals surface area (Å²) in [5.41, 5.74) is -1.67.